The van der Waals surface area contributed by atoms with Crippen molar-refractivity contribution >= 4 is 15.9 Å². The highest BCUT2D eigenvalue weighted by Gasteiger charge is 2.44. The Bertz CT molecular complexity index is 455. The summed E-state index contributed by atoms with van der Waals surface area (Å²) in [6, 6.07) is 3.04. The summed E-state index contributed by atoms with van der Waals surface area (Å²) in [5.74, 6) is -0.219. The summed E-state index contributed by atoms with van der Waals surface area (Å²) in [6.07, 6.45) is 3.94. The van der Waals surface area contributed by atoms with Gasteiger partial charge >= 0.3 is 0 Å². The molecule has 0 radical (unpaired) electrons. The summed E-state index contributed by atoms with van der Waals surface area (Å²) in [4.78, 5) is 0. The first-order chi connectivity index (χ1) is 6.60. The molecule has 14 heavy (non-hydrogen) atoms. The molecule has 1 nitrogen and oxygen atoms in total. The standard InChI is InChI=1S/C11H8BrFO/c1-11-3-2-9(14-11)7-4-6(13)5-8(12)10(7)11/h2-5,9H,1H3. The minimum Gasteiger partial charge on any atom is -0.354 e. The Kier molecular flexibility index (Phi) is 1.52. The maximum absolute atomic E-state index is 13.2. The van der Waals surface area contributed by atoms with Gasteiger partial charge in [0.1, 0.15) is 17.5 Å². The lowest BCUT2D eigenvalue weighted by Gasteiger charge is -2.19. The van der Waals surface area contributed by atoms with Crippen molar-refractivity contribution in [2.24, 2.45) is 0 Å². The van der Waals surface area contributed by atoms with Gasteiger partial charge in [-0.2, -0.15) is 0 Å². The first-order valence-corrected chi connectivity index (χ1v) is 5.26. The first-order valence-electron chi connectivity index (χ1n) is 4.47. The van der Waals surface area contributed by atoms with Crippen LogP contribution in [-0.2, 0) is 10.3 Å². The lowest BCUT2D eigenvalue weighted by Crippen LogP contribution is -2.15. The lowest BCUT2D eigenvalue weighted by molar-refractivity contribution is 0.0110. The number of hydrogen-bond acceptors (Lipinski definition) is 1. The van der Waals surface area contributed by atoms with E-state index in [4.69, 9.17) is 4.74 Å². The van der Waals surface area contributed by atoms with E-state index in [1.165, 1.54) is 6.07 Å². The maximum Gasteiger partial charge on any atom is 0.124 e. The SMILES string of the molecule is CC12C=CC(O1)c1cc(F)cc(Br)c12. The van der Waals surface area contributed by atoms with Crippen molar-refractivity contribution in [3.8, 4) is 0 Å². The molecule has 1 aromatic rings. The maximum atomic E-state index is 13.2. The minimum absolute atomic E-state index is 0.0676. The van der Waals surface area contributed by atoms with Gasteiger partial charge in [-0.1, -0.05) is 22.0 Å². The van der Waals surface area contributed by atoms with Crippen molar-refractivity contribution in [3.63, 3.8) is 0 Å². The van der Waals surface area contributed by atoms with Gasteiger partial charge in [-0.05, 0) is 30.7 Å². The Morgan fingerprint density at radius 2 is 2.29 bits per heavy atom. The largest absolute Gasteiger partial charge is 0.354 e. The van der Waals surface area contributed by atoms with E-state index in [0.29, 0.717) is 0 Å². The second-order valence-corrected chi connectivity index (χ2v) is 4.71. The van der Waals surface area contributed by atoms with Crippen LogP contribution in [0.4, 0.5) is 4.39 Å². The highest BCUT2D eigenvalue weighted by atomic mass is 79.9. The number of rotatable bonds is 0. The summed E-state index contributed by atoms with van der Waals surface area (Å²) in [5.41, 5.74) is 1.64. The Balaban J connectivity index is 2.33. The fourth-order valence-electron chi connectivity index (χ4n) is 2.26. The molecular formula is C11H8BrFO. The van der Waals surface area contributed by atoms with Crippen LogP contribution in [0.2, 0.25) is 0 Å². The van der Waals surface area contributed by atoms with Crippen LogP contribution in [0.1, 0.15) is 24.2 Å². The van der Waals surface area contributed by atoms with Crippen molar-refractivity contribution < 1.29 is 9.13 Å². The van der Waals surface area contributed by atoms with Gasteiger partial charge in [0.25, 0.3) is 0 Å². The zero-order valence-electron chi connectivity index (χ0n) is 7.55. The van der Waals surface area contributed by atoms with Crippen molar-refractivity contribution in [2.45, 2.75) is 18.6 Å². The molecule has 0 aliphatic carbocycles. The first kappa shape index (κ1) is 8.62. The predicted molar refractivity (Wildman–Crippen MR) is 54.4 cm³/mol. The number of fused-ring (bicyclic) bond motifs is 5. The number of benzene rings is 1. The Labute approximate surface area is 89.7 Å². The highest BCUT2D eigenvalue weighted by molar-refractivity contribution is 9.10. The zero-order valence-corrected chi connectivity index (χ0v) is 9.14. The molecule has 2 unspecified atom stereocenters. The molecule has 0 amide bonds. The summed E-state index contributed by atoms with van der Waals surface area (Å²) < 4.78 is 19.7. The van der Waals surface area contributed by atoms with E-state index >= 15 is 0 Å². The topological polar surface area (TPSA) is 9.23 Å². The lowest BCUT2D eigenvalue weighted by atomic mass is 9.88. The van der Waals surface area contributed by atoms with Crippen LogP contribution >= 0.6 is 15.9 Å². The summed E-state index contributed by atoms with van der Waals surface area (Å²) in [5, 5.41) is 0. The van der Waals surface area contributed by atoms with E-state index in [0.717, 1.165) is 15.6 Å². The molecule has 0 aromatic heterocycles. The predicted octanol–water partition coefficient (Wildman–Crippen LogP) is 3.44. The Hall–Kier alpha value is -0.670. The molecular weight excluding hydrogens is 247 g/mol. The fraction of sp³-hybridized carbons (Fsp3) is 0.273. The smallest absolute Gasteiger partial charge is 0.124 e. The average molecular weight is 255 g/mol. The Morgan fingerprint density at radius 1 is 1.50 bits per heavy atom. The highest BCUT2D eigenvalue weighted by Crippen LogP contribution is 2.52. The van der Waals surface area contributed by atoms with Crippen LogP contribution in [-0.4, -0.2) is 0 Å². The van der Waals surface area contributed by atoms with Gasteiger partial charge in [0, 0.05) is 10.0 Å². The zero-order chi connectivity index (χ0) is 9.92. The third-order valence-electron chi connectivity index (χ3n) is 2.85. The minimum atomic E-state index is -0.369. The molecule has 3 heteroatoms. The van der Waals surface area contributed by atoms with Gasteiger partial charge in [0.15, 0.2) is 0 Å². The van der Waals surface area contributed by atoms with Crippen LogP contribution in [0.3, 0.4) is 0 Å². The van der Waals surface area contributed by atoms with Gasteiger partial charge < -0.3 is 4.74 Å². The van der Waals surface area contributed by atoms with Gasteiger partial charge in [0.05, 0.1) is 0 Å². The third-order valence-corrected chi connectivity index (χ3v) is 3.47. The molecule has 0 fully saturated rings. The van der Waals surface area contributed by atoms with Crippen LogP contribution in [0, 0.1) is 5.82 Å². The monoisotopic (exact) mass is 254 g/mol. The van der Waals surface area contributed by atoms with E-state index in [-0.39, 0.29) is 17.5 Å². The quantitative estimate of drug-likeness (QED) is 0.645. The van der Waals surface area contributed by atoms with Crippen LogP contribution in [0.15, 0.2) is 28.8 Å². The molecule has 72 valence electrons. The Morgan fingerprint density at radius 3 is 3.07 bits per heavy atom. The second kappa shape index (κ2) is 2.47. The molecule has 3 rings (SSSR count). The van der Waals surface area contributed by atoms with Crippen LogP contribution in [0.25, 0.3) is 0 Å². The normalized spacial score (nSPS) is 32.4. The molecule has 2 aliphatic rings. The average Bonchev–Trinajstić information content (AvgIpc) is 2.57. The second-order valence-electron chi connectivity index (χ2n) is 3.86. The summed E-state index contributed by atoms with van der Waals surface area (Å²) in [6.45, 7) is 2.00. The van der Waals surface area contributed by atoms with Crippen molar-refractivity contribution in [1.82, 2.24) is 0 Å². The van der Waals surface area contributed by atoms with E-state index in [9.17, 15) is 4.39 Å². The van der Waals surface area contributed by atoms with Gasteiger partial charge in [-0.3, -0.25) is 0 Å². The van der Waals surface area contributed by atoms with E-state index in [2.05, 4.69) is 15.9 Å². The van der Waals surface area contributed by atoms with Crippen molar-refractivity contribution in [2.75, 3.05) is 0 Å². The summed E-state index contributed by atoms with van der Waals surface area (Å²) in [7, 11) is 0. The number of hydrogen-bond donors (Lipinski definition) is 0. The molecule has 0 saturated carbocycles. The third kappa shape index (κ3) is 0.916. The van der Waals surface area contributed by atoms with Crippen LogP contribution in [0.5, 0.6) is 0 Å². The van der Waals surface area contributed by atoms with E-state index < -0.39 is 0 Å². The van der Waals surface area contributed by atoms with Gasteiger partial charge in [-0.15, -0.1) is 0 Å². The number of ether oxygens (including phenoxy) is 1. The molecule has 2 atom stereocenters. The van der Waals surface area contributed by atoms with Crippen LogP contribution < -0.4 is 0 Å². The molecule has 0 N–H and O–H groups in total. The molecule has 0 spiro atoms. The number of halogens is 2. The van der Waals surface area contributed by atoms with Crippen molar-refractivity contribution in [3.05, 3.63) is 45.7 Å². The molecule has 2 heterocycles. The van der Waals surface area contributed by atoms with Gasteiger partial charge in [-0.25, -0.2) is 4.39 Å². The molecule has 0 saturated heterocycles. The summed E-state index contributed by atoms with van der Waals surface area (Å²) >= 11 is 3.38. The van der Waals surface area contributed by atoms with E-state index in [1.807, 2.05) is 19.1 Å². The van der Waals surface area contributed by atoms with E-state index in [1.54, 1.807) is 6.07 Å². The molecule has 2 aliphatic heterocycles. The van der Waals surface area contributed by atoms with Gasteiger partial charge in [0.2, 0.25) is 0 Å². The molecule has 2 bridgehead atoms. The van der Waals surface area contributed by atoms with Crippen molar-refractivity contribution in [1.29, 1.82) is 0 Å². The fourth-order valence-corrected chi connectivity index (χ4v) is 3.11. The molecule has 1 aromatic carbocycles.